The summed E-state index contributed by atoms with van der Waals surface area (Å²) in [6.45, 7) is 0. The third-order valence-corrected chi connectivity index (χ3v) is 1.81. The van der Waals surface area contributed by atoms with E-state index in [1.807, 2.05) is 14.1 Å². The number of nitriles is 1. The molecule has 0 aromatic rings. The Morgan fingerprint density at radius 3 is 2.91 bits per heavy atom. The molecule has 0 aromatic carbocycles. The first-order valence-corrected chi connectivity index (χ1v) is 3.88. The molecular weight excluding hydrogens is 138 g/mol. The third kappa shape index (κ3) is 1.94. The molecule has 1 atom stereocenters. The molecule has 1 saturated carbocycles. The highest BCUT2D eigenvalue weighted by molar-refractivity contribution is 5.90. The summed E-state index contributed by atoms with van der Waals surface area (Å²) >= 11 is 0. The van der Waals surface area contributed by atoms with Crippen molar-refractivity contribution in [1.82, 2.24) is 5.01 Å². The maximum absolute atomic E-state index is 8.70. The Hall–Kier alpha value is -1.04. The highest BCUT2D eigenvalue weighted by Gasteiger charge is 2.22. The van der Waals surface area contributed by atoms with E-state index in [0.29, 0.717) is 0 Å². The minimum Gasteiger partial charge on any atom is -0.303 e. The van der Waals surface area contributed by atoms with Crippen molar-refractivity contribution in [3.63, 3.8) is 0 Å². The highest BCUT2D eigenvalue weighted by atomic mass is 15.4. The lowest BCUT2D eigenvalue weighted by Gasteiger charge is -2.07. The first-order chi connectivity index (χ1) is 5.24. The molecular formula is C8H13N3. The van der Waals surface area contributed by atoms with Gasteiger partial charge >= 0.3 is 0 Å². The molecule has 60 valence electrons. The van der Waals surface area contributed by atoms with Gasteiger partial charge in [-0.25, -0.2) is 0 Å². The van der Waals surface area contributed by atoms with Crippen LogP contribution >= 0.6 is 0 Å². The number of rotatable bonds is 1. The van der Waals surface area contributed by atoms with Gasteiger partial charge in [0.15, 0.2) is 0 Å². The summed E-state index contributed by atoms with van der Waals surface area (Å²) in [4.78, 5) is 0. The van der Waals surface area contributed by atoms with Gasteiger partial charge < -0.3 is 5.01 Å². The molecule has 3 heteroatoms. The second-order valence-electron chi connectivity index (χ2n) is 3.01. The molecule has 0 spiro atoms. The molecule has 0 amide bonds. The summed E-state index contributed by atoms with van der Waals surface area (Å²) in [5.74, 6) is 0.0809. The zero-order valence-corrected chi connectivity index (χ0v) is 7.04. The van der Waals surface area contributed by atoms with Crippen LogP contribution in [0.4, 0.5) is 0 Å². The number of hydrogen-bond acceptors (Lipinski definition) is 3. The third-order valence-electron chi connectivity index (χ3n) is 1.81. The molecule has 0 aromatic heterocycles. The largest absolute Gasteiger partial charge is 0.303 e. The molecule has 1 aliphatic carbocycles. The summed E-state index contributed by atoms with van der Waals surface area (Å²) in [5, 5.41) is 14.7. The van der Waals surface area contributed by atoms with Crippen molar-refractivity contribution in [2.75, 3.05) is 14.1 Å². The Morgan fingerprint density at radius 1 is 1.64 bits per heavy atom. The first-order valence-electron chi connectivity index (χ1n) is 3.88. The minimum absolute atomic E-state index is 0.0809. The van der Waals surface area contributed by atoms with Gasteiger partial charge in [0.2, 0.25) is 0 Å². The van der Waals surface area contributed by atoms with Gasteiger partial charge in [0, 0.05) is 14.1 Å². The lowest BCUT2D eigenvalue weighted by Crippen LogP contribution is -2.11. The average molecular weight is 151 g/mol. The van der Waals surface area contributed by atoms with E-state index < -0.39 is 0 Å². The summed E-state index contributed by atoms with van der Waals surface area (Å²) in [7, 11) is 3.78. The van der Waals surface area contributed by atoms with E-state index in [-0.39, 0.29) is 5.92 Å². The van der Waals surface area contributed by atoms with E-state index in [0.717, 1.165) is 25.0 Å². The quantitative estimate of drug-likeness (QED) is 0.529. The van der Waals surface area contributed by atoms with Gasteiger partial charge in [-0.2, -0.15) is 10.4 Å². The maximum atomic E-state index is 8.70. The van der Waals surface area contributed by atoms with E-state index in [1.54, 1.807) is 5.01 Å². The van der Waals surface area contributed by atoms with Crippen LogP contribution in [0.1, 0.15) is 19.3 Å². The maximum Gasteiger partial charge on any atom is 0.0863 e. The van der Waals surface area contributed by atoms with E-state index >= 15 is 0 Å². The number of nitrogens with zero attached hydrogens (tertiary/aromatic N) is 3. The second-order valence-corrected chi connectivity index (χ2v) is 3.01. The van der Waals surface area contributed by atoms with Crippen molar-refractivity contribution in [2.45, 2.75) is 19.3 Å². The zero-order valence-electron chi connectivity index (χ0n) is 7.04. The van der Waals surface area contributed by atoms with Crippen LogP contribution in [0.15, 0.2) is 5.10 Å². The predicted octanol–water partition coefficient (Wildman–Crippen LogP) is 1.23. The summed E-state index contributed by atoms with van der Waals surface area (Å²) in [6.07, 6.45) is 3.10. The van der Waals surface area contributed by atoms with Crippen LogP contribution in [0.25, 0.3) is 0 Å². The minimum atomic E-state index is 0.0809. The molecule has 1 rings (SSSR count). The van der Waals surface area contributed by atoms with Crippen molar-refractivity contribution < 1.29 is 0 Å². The fourth-order valence-corrected chi connectivity index (χ4v) is 1.34. The monoisotopic (exact) mass is 151 g/mol. The van der Waals surface area contributed by atoms with Crippen LogP contribution in [0.5, 0.6) is 0 Å². The standard InChI is InChI=1S/C8H13N3/c1-11(2)10-8-5-3-4-7(8)6-9/h7H,3-5H2,1-2H3/b10-8+. The highest BCUT2D eigenvalue weighted by Crippen LogP contribution is 2.21. The Labute approximate surface area is 67.3 Å². The average Bonchev–Trinajstić information content (AvgIpc) is 2.34. The first kappa shape index (κ1) is 8.06. The molecule has 0 aliphatic heterocycles. The summed E-state index contributed by atoms with van der Waals surface area (Å²) in [6, 6.07) is 2.26. The number of hydrogen-bond donors (Lipinski definition) is 0. The van der Waals surface area contributed by atoms with Gasteiger partial charge in [0.1, 0.15) is 0 Å². The molecule has 0 bridgehead atoms. The molecule has 1 fully saturated rings. The predicted molar refractivity (Wildman–Crippen MR) is 44.1 cm³/mol. The van der Waals surface area contributed by atoms with Gasteiger partial charge in [-0.15, -0.1) is 0 Å². The van der Waals surface area contributed by atoms with Crippen LogP contribution in [0.2, 0.25) is 0 Å². The Morgan fingerprint density at radius 2 is 2.36 bits per heavy atom. The van der Waals surface area contributed by atoms with Gasteiger partial charge in [0.05, 0.1) is 17.7 Å². The van der Waals surface area contributed by atoms with Gasteiger partial charge in [-0.3, -0.25) is 0 Å². The lowest BCUT2D eigenvalue weighted by molar-refractivity contribution is 0.434. The van der Waals surface area contributed by atoms with Crippen molar-refractivity contribution >= 4 is 5.71 Å². The van der Waals surface area contributed by atoms with Crippen LogP contribution in [0.3, 0.4) is 0 Å². The van der Waals surface area contributed by atoms with Gasteiger partial charge in [-0.1, -0.05) is 0 Å². The fourth-order valence-electron chi connectivity index (χ4n) is 1.34. The van der Waals surface area contributed by atoms with Crippen molar-refractivity contribution in [3.05, 3.63) is 0 Å². The zero-order chi connectivity index (χ0) is 8.27. The smallest absolute Gasteiger partial charge is 0.0863 e. The topological polar surface area (TPSA) is 39.4 Å². The summed E-state index contributed by atoms with van der Waals surface area (Å²) in [5.41, 5.74) is 1.05. The SMILES string of the molecule is CN(C)/N=C1\CCCC1C#N. The van der Waals surface area contributed by atoms with Crippen LogP contribution in [-0.2, 0) is 0 Å². The fraction of sp³-hybridized carbons (Fsp3) is 0.750. The molecule has 0 N–H and O–H groups in total. The van der Waals surface area contributed by atoms with Crippen LogP contribution in [0, 0.1) is 17.2 Å². The van der Waals surface area contributed by atoms with Gasteiger partial charge in [0.25, 0.3) is 0 Å². The normalized spacial score (nSPS) is 27.0. The van der Waals surface area contributed by atoms with E-state index in [1.165, 1.54) is 0 Å². The van der Waals surface area contributed by atoms with Crippen molar-refractivity contribution in [3.8, 4) is 6.07 Å². The second kappa shape index (κ2) is 3.38. The van der Waals surface area contributed by atoms with Crippen LogP contribution < -0.4 is 0 Å². The summed E-state index contributed by atoms with van der Waals surface area (Å²) < 4.78 is 0. The van der Waals surface area contributed by atoms with Crippen molar-refractivity contribution in [1.29, 1.82) is 5.26 Å². The number of hydrazone groups is 1. The molecule has 3 nitrogen and oxygen atoms in total. The van der Waals surface area contributed by atoms with Gasteiger partial charge in [-0.05, 0) is 19.3 Å². The Bertz CT molecular complexity index is 200. The van der Waals surface area contributed by atoms with E-state index in [2.05, 4.69) is 11.2 Å². The molecule has 11 heavy (non-hydrogen) atoms. The molecule has 0 heterocycles. The molecule has 0 radical (unpaired) electrons. The Kier molecular flexibility index (Phi) is 2.48. The molecule has 1 unspecified atom stereocenters. The van der Waals surface area contributed by atoms with Crippen molar-refractivity contribution in [2.24, 2.45) is 11.0 Å². The van der Waals surface area contributed by atoms with Crippen LogP contribution in [-0.4, -0.2) is 24.8 Å². The van der Waals surface area contributed by atoms with E-state index in [4.69, 9.17) is 5.26 Å². The molecule has 1 aliphatic rings. The Balaban J connectivity index is 2.65. The molecule has 0 saturated heterocycles. The van der Waals surface area contributed by atoms with E-state index in [9.17, 15) is 0 Å². The lowest BCUT2D eigenvalue weighted by atomic mass is 10.1.